The van der Waals surface area contributed by atoms with Crippen molar-refractivity contribution in [1.29, 1.82) is 0 Å². The Morgan fingerprint density at radius 3 is 2.66 bits per heavy atom. The van der Waals surface area contributed by atoms with Crippen molar-refractivity contribution in [1.82, 2.24) is 30.2 Å². The minimum atomic E-state index is 0. The highest BCUT2D eigenvalue weighted by Crippen LogP contribution is 2.18. The lowest BCUT2D eigenvalue weighted by Crippen LogP contribution is -2.45. The topological polar surface area (TPSA) is 92.0 Å². The summed E-state index contributed by atoms with van der Waals surface area (Å²) in [6.07, 6.45) is 4.29. The van der Waals surface area contributed by atoms with Crippen LogP contribution in [0.2, 0.25) is 0 Å². The second kappa shape index (κ2) is 11.4. The van der Waals surface area contributed by atoms with E-state index in [0.717, 1.165) is 48.4 Å². The Morgan fingerprint density at radius 2 is 1.94 bits per heavy atom. The molecule has 4 heterocycles. The number of aliphatic imine (C=N–C) groups is 1. The molecule has 1 aliphatic heterocycles. The lowest BCUT2D eigenvalue weighted by atomic mass is 10.2. The molecule has 1 saturated heterocycles. The lowest BCUT2D eigenvalue weighted by Gasteiger charge is -2.36. The van der Waals surface area contributed by atoms with Crippen LogP contribution < -0.4 is 15.5 Å². The van der Waals surface area contributed by atoms with Crippen LogP contribution in [-0.2, 0) is 17.8 Å². The zero-order valence-electron chi connectivity index (χ0n) is 18.7. The molecule has 2 unspecified atom stereocenters. The number of hydrogen-bond acceptors (Lipinski definition) is 6. The van der Waals surface area contributed by atoms with Crippen LogP contribution in [-0.4, -0.2) is 57.4 Å². The molecule has 0 spiro atoms. The molecule has 172 valence electrons. The molecule has 3 aromatic heterocycles. The first-order valence-electron chi connectivity index (χ1n) is 10.8. The van der Waals surface area contributed by atoms with Crippen LogP contribution in [0.15, 0.2) is 47.7 Å². The molecule has 2 atom stereocenters. The van der Waals surface area contributed by atoms with Crippen molar-refractivity contribution in [2.45, 2.75) is 46.1 Å². The Balaban J connectivity index is 0.00000289. The molecule has 1 fully saturated rings. The molecule has 10 heteroatoms. The third kappa shape index (κ3) is 6.06. The maximum atomic E-state index is 5.81. The number of pyridine rings is 2. The zero-order valence-corrected chi connectivity index (χ0v) is 21.1. The number of rotatable bonds is 6. The van der Waals surface area contributed by atoms with Crippen LogP contribution in [0.5, 0.6) is 0 Å². The third-order valence-corrected chi connectivity index (χ3v) is 5.11. The van der Waals surface area contributed by atoms with Crippen LogP contribution in [0, 0.1) is 0 Å². The SMILES string of the molecule is CCNC(=NCc1ccc(N2CC(C)OC(C)C2)nc1)NCc1nnc2ccccn12.I. The summed E-state index contributed by atoms with van der Waals surface area (Å²) >= 11 is 0. The molecule has 0 amide bonds. The highest BCUT2D eigenvalue weighted by Gasteiger charge is 2.22. The van der Waals surface area contributed by atoms with E-state index in [-0.39, 0.29) is 36.2 Å². The van der Waals surface area contributed by atoms with Crippen molar-refractivity contribution < 1.29 is 4.74 Å². The fraction of sp³-hybridized carbons (Fsp3) is 0.455. The molecular formula is C22H31IN8O. The second-order valence-corrected chi connectivity index (χ2v) is 7.78. The highest BCUT2D eigenvalue weighted by atomic mass is 127. The molecule has 3 aromatic rings. The molecule has 1 aliphatic rings. The highest BCUT2D eigenvalue weighted by molar-refractivity contribution is 14.0. The van der Waals surface area contributed by atoms with E-state index in [0.29, 0.717) is 13.1 Å². The van der Waals surface area contributed by atoms with E-state index < -0.39 is 0 Å². The van der Waals surface area contributed by atoms with E-state index in [1.807, 2.05) is 41.9 Å². The van der Waals surface area contributed by atoms with Crippen LogP contribution in [0.3, 0.4) is 0 Å². The van der Waals surface area contributed by atoms with E-state index >= 15 is 0 Å². The van der Waals surface area contributed by atoms with Crippen molar-refractivity contribution >= 4 is 41.4 Å². The molecule has 0 aliphatic carbocycles. The largest absolute Gasteiger partial charge is 0.372 e. The van der Waals surface area contributed by atoms with Crippen molar-refractivity contribution in [3.05, 3.63) is 54.1 Å². The summed E-state index contributed by atoms with van der Waals surface area (Å²) in [6.45, 7) is 9.82. The smallest absolute Gasteiger partial charge is 0.191 e. The van der Waals surface area contributed by atoms with Crippen LogP contribution >= 0.6 is 24.0 Å². The number of nitrogens with one attached hydrogen (secondary N) is 2. The normalized spacial score (nSPS) is 19.0. The van der Waals surface area contributed by atoms with Crippen LogP contribution in [0.4, 0.5) is 5.82 Å². The minimum Gasteiger partial charge on any atom is -0.372 e. The van der Waals surface area contributed by atoms with Gasteiger partial charge in [-0.05, 0) is 44.5 Å². The molecule has 0 saturated carbocycles. The monoisotopic (exact) mass is 550 g/mol. The molecular weight excluding hydrogens is 519 g/mol. The summed E-state index contributed by atoms with van der Waals surface area (Å²) < 4.78 is 7.78. The summed E-state index contributed by atoms with van der Waals surface area (Å²) in [5.74, 6) is 2.55. The summed E-state index contributed by atoms with van der Waals surface area (Å²) in [5, 5.41) is 15.0. The van der Waals surface area contributed by atoms with E-state index in [1.165, 1.54) is 0 Å². The maximum Gasteiger partial charge on any atom is 0.191 e. The summed E-state index contributed by atoms with van der Waals surface area (Å²) in [6, 6.07) is 10.0. The van der Waals surface area contributed by atoms with Gasteiger partial charge in [-0.2, -0.15) is 0 Å². The van der Waals surface area contributed by atoms with E-state index in [2.05, 4.69) is 56.7 Å². The average Bonchev–Trinajstić information content (AvgIpc) is 3.18. The molecule has 0 bridgehead atoms. The molecule has 2 N–H and O–H groups in total. The number of ether oxygens (including phenoxy) is 1. The number of morpholine rings is 1. The zero-order chi connectivity index (χ0) is 21.6. The minimum absolute atomic E-state index is 0. The number of guanidine groups is 1. The molecule has 0 aromatic carbocycles. The van der Waals surface area contributed by atoms with Crippen molar-refractivity contribution in [2.75, 3.05) is 24.5 Å². The third-order valence-electron chi connectivity index (χ3n) is 5.11. The van der Waals surface area contributed by atoms with Gasteiger partial charge in [-0.1, -0.05) is 12.1 Å². The van der Waals surface area contributed by atoms with Crippen molar-refractivity contribution in [3.8, 4) is 0 Å². The van der Waals surface area contributed by atoms with Crippen molar-refractivity contribution in [3.63, 3.8) is 0 Å². The van der Waals surface area contributed by atoms with Gasteiger partial charge in [0.25, 0.3) is 0 Å². The Bertz CT molecular complexity index is 1010. The van der Waals surface area contributed by atoms with Gasteiger partial charge in [-0.3, -0.25) is 4.40 Å². The Labute approximate surface area is 205 Å². The Kier molecular flexibility index (Phi) is 8.62. The number of hydrogen-bond donors (Lipinski definition) is 2. The van der Waals surface area contributed by atoms with Gasteiger partial charge >= 0.3 is 0 Å². The Morgan fingerprint density at radius 1 is 1.12 bits per heavy atom. The van der Waals surface area contributed by atoms with Crippen molar-refractivity contribution in [2.24, 2.45) is 4.99 Å². The molecule has 0 radical (unpaired) electrons. The molecule has 9 nitrogen and oxygen atoms in total. The number of nitrogens with zero attached hydrogens (tertiary/aromatic N) is 6. The fourth-order valence-corrected chi connectivity index (χ4v) is 3.75. The quantitative estimate of drug-likeness (QED) is 0.277. The fourth-order valence-electron chi connectivity index (χ4n) is 3.75. The van der Waals surface area contributed by atoms with Gasteiger partial charge in [0.2, 0.25) is 0 Å². The van der Waals surface area contributed by atoms with E-state index in [4.69, 9.17) is 9.73 Å². The average molecular weight is 550 g/mol. The van der Waals surface area contributed by atoms with E-state index in [1.54, 1.807) is 0 Å². The first-order valence-corrected chi connectivity index (χ1v) is 10.8. The number of halogens is 1. The predicted molar refractivity (Wildman–Crippen MR) is 137 cm³/mol. The van der Waals surface area contributed by atoms with E-state index in [9.17, 15) is 0 Å². The first kappa shape index (κ1) is 24.2. The van der Waals surface area contributed by atoms with Crippen LogP contribution in [0.1, 0.15) is 32.2 Å². The summed E-state index contributed by atoms with van der Waals surface area (Å²) in [5.41, 5.74) is 1.89. The van der Waals surface area contributed by atoms with Crippen LogP contribution in [0.25, 0.3) is 5.65 Å². The second-order valence-electron chi connectivity index (χ2n) is 7.78. The predicted octanol–water partition coefficient (Wildman–Crippen LogP) is 2.61. The number of anilines is 1. The van der Waals surface area contributed by atoms with Gasteiger partial charge in [-0.15, -0.1) is 34.2 Å². The molecule has 32 heavy (non-hydrogen) atoms. The maximum absolute atomic E-state index is 5.81. The lowest BCUT2D eigenvalue weighted by molar-refractivity contribution is -0.00545. The Hall–Kier alpha value is -2.47. The number of fused-ring (bicyclic) bond motifs is 1. The van der Waals surface area contributed by atoms with Gasteiger partial charge in [0, 0.05) is 32.0 Å². The van der Waals surface area contributed by atoms with Gasteiger partial charge in [0.05, 0.1) is 25.3 Å². The first-order chi connectivity index (χ1) is 15.1. The standard InChI is InChI=1S/C22H30N8O.HI/c1-4-23-22(26-13-21-28-27-20-7-5-6-10-30(20)21)25-12-18-8-9-19(24-11-18)29-14-16(2)31-17(3)15-29;/h5-11,16-17H,4,12-15H2,1-3H3,(H2,23,25,26);1H. The molecule has 4 rings (SSSR count). The van der Waals surface area contributed by atoms with Gasteiger partial charge in [-0.25, -0.2) is 9.98 Å². The summed E-state index contributed by atoms with van der Waals surface area (Å²) in [7, 11) is 0. The van der Waals surface area contributed by atoms with Gasteiger partial charge < -0.3 is 20.3 Å². The summed E-state index contributed by atoms with van der Waals surface area (Å²) in [4.78, 5) is 11.6. The number of aromatic nitrogens is 4. The van der Waals surface area contributed by atoms with Gasteiger partial charge in [0.1, 0.15) is 5.82 Å². The van der Waals surface area contributed by atoms with Gasteiger partial charge in [0.15, 0.2) is 17.4 Å².